The van der Waals surface area contributed by atoms with Gasteiger partial charge in [-0.2, -0.15) is 0 Å². The average Bonchev–Trinajstić information content (AvgIpc) is 2.46. The van der Waals surface area contributed by atoms with Gasteiger partial charge in [0.2, 0.25) is 5.95 Å². The summed E-state index contributed by atoms with van der Waals surface area (Å²) in [5.41, 5.74) is 0.498. The summed E-state index contributed by atoms with van der Waals surface area (Å²) in [7, 11) is 0. The van der Waals surface area contributed by atoms with E-state index < -0.39 is 0 Å². The zero-order chi connectivity index (χ0) is 13.7. The van der Waals surface area contributed by atoms with Crippen molar-refractivity contribution < 1.29 is 9.53 Å². The van der Waals surface area contributed by atoms with E-state index in [9.17, 15) is 4.79 Å². The Kier molecular flexibility index (Phi) is 4.68. The molecule has 0 unspecified atom stereocenters. The molecule has 1 aliphatic rings. The lowest BCUT2D eigenvalue weighted by Gasteiger charge is -2.26. The molecule has 2 heterocycles. The molecular formula is C13H20N4O2. The van der Waals surface area contributed by atoms with E-state index in [1.165, 1.54) is 0 Å². The van der Waals surface area contributed by atoms with Crippen LogP contribution in [0.5, 0.6) is 0 Å². The summed E-state index contributed by atoms with van der Waals surface area (Å²) in [4.78, 5) is 22.4. The third-order valence-corrected chi connectivity index (χ3v) is 2.87. The normalized spacial score (nSPS) is 15.6. The number of carbonyl (C=O) groups excluding carboxylic acids is 1. The summed E-state index contributed by atoms with van der Waals surface area (Å²) in [6, 6.07) is 0. The maximum atomic E-state index is 11.8. The second-order valence-corrected chi connectivity index (χ2v) is 4.98. The molecule has 0 aliphatic carbocycles. The Morgan fingerprint density at radius 3 is 2.58 bits per heavy atom. The molecule has 1 saturated heterocycles. The van der Waals surface area contributed by atoms with Gasteiger partial charge in [0, 0.05) is 32.0 Å². The molecule has 0 radical (unpaired) electrons. The van der Waals surface area contributed by atoms with E-state index in [1.54, 1.807) is 12.4 Å². The first-order valence-electron chi connectivity index (χ1n) is 6.60. The van der Waals surface area contributed by atoms with Crippen molar-refractivity contribution in [3.8, 4) is 0 Å². The van der Waals surface area contributed by atoms with E-state index in [2.05, 4.69) is 34.0 Å². The van der Waals surface area contributed by atoms with Crippen LogP contribution in [-0.2, 0) is 4.74 Å². The van der Waals surface area contributed by atoms with Crippen LogP contribution < -0.4 is 10.2 Å². The molecule has 19 heavy (non-hydrogen) atoms. The molecule has 0 bridgehead atoms. The van der Waals surface area contributed by atoms with E-state index >= 15 is 0 Å². The number of amides is 1. The summed E-state index contributed by atoms with van der Waals surface area (Å²) >= 11 is 0. The van der Waals surface area contributed by atoms with Gasteiger partial charge in [0.05, 0.1) is 18.8 Å². The largest absolute Gasteiger partial charge is 0.378 e. The molecule has 1 aromatic heterocycles. The summed E-state index contributed by atoms with van der Waals surface area (Å²) in [6.07, 6.45) is 3.15. The van der Waals surface area contributed by atoms with Crippen molar-refractivity contribution in [2.24, 2.45) is 5.92 Å². The quantitative estimate of drug-likeness (QED) is 0.867. The zero-order valence-electron chi connectivity index (χ0n) is 11.4. The van der Waals surface area contributed by atoms with E-state index in [0.717, 1.165) is 13.1 Å². The van der Waals surface area contributed by atoms with Gasteiger partial charge in [-0.15, -0.1) is 0 Å². The Morgan fingerprint density at radius 2 is 2.00 bits per heavy atom. The minimum absolute atomic E-state index is 0.123. The Hall–Kier alpha value is -1.69. The van der Waals surface area contributed by atoms with E-state index in [0.29, 0.717) is 37.2 Å². The van der Waals surface area contributed by atoms with E-state index in [1.807, 2.05) is 0 Å². The molecule has 1 fully saturated rings. The lowest BCUT2D eigenvalue weighted by atomic mass is 10.2. The maximum Gasteiger partial charge on any atom is 0.254 e. The molecule has 0 atom stereocenters. The third kappa shape index (κ3) is 3.89. The van der Waals surface area contributed by atoms with Crippen LogP contribution in [0.3, 0.4) is 0 Å². The Bertz CT molecular complexity index is 413. The number of anilines is 1. The molecule has 104 valence electrons. The van der Waals surface area contributed by atoms with Crippen molar-refractivity contribution in [2.75, 3.05) is 37.7 Å². The number of rotatable bonds is 4. The predicted molar refractivity (Wildman–Crippen MR) is 72.2 cm³/mol. The van der Waals surface area contributed by atoms with Crippen LogP contribution in [-0.4, -0.2) is 48.7 Å². The number of nitrogens with one attached hydrogen (secondary N) is 1. The van der Waals surface area contributed by atoms with Crippen LogP contribution in [0.2, 0.25) is 0 Å². The van der Waals surface area contributed by atoms with Gasteiger partial charge in [0.15, 0.2) is 0 Å². The van der Waals surface area contributed by atoms with Gasteiger partial charge >= 0.3 is 0 Å². The van der Waals surface area contributed by atoms with Gasteiger partial charge in [-0.1, -0.05) is 13.8 Å². The Morgan fingerprint density at radius 1 is 1.37 bits per heavy atom. The van der Waals surface area contributed by atoms with Crippen LogP contribution in [0.25, 0.3) is 0 Å². The lowest BCUT2D eigenvalue weighted by molar-refractivity contribution is 0.0948. The first kappa shape index (κ1) is 13.7. The second kappa shape index (κ2) is 6.47. The van der Waals surface area contributed by atoms with Gasteiger partial charge in [-0.3, -0.25) is 4.79 Å². The number of nitrogens with zero attached hydrogens (tertiary/aromatic N) is 3. The standard InChI is InChI=1S/C13H20N4O2/c1-10(2)7-14-12(18)11-8-15-13(16-9-11)17-3-5-19-6-4-17/h8-10H,3-7H2,1-2H3,(H,14,18). The minimum Gasteiger partial charge on any atom is -0.378 e. The highest BCUT2D eigenvalue weighted by Gasteiger charge is 2.14. The third-order valence-electron chi connectivity index (χ3n) is 2.87. The number of hydrogen-bond donors (Lipinski definition) is 1. The van der Waals surface area contributed by atoms with E-state index in [-0.39, 0.29) is 5.91 Å². The van der Waals surface area contributed by atoms with Crippen molar-refractivity contribution in [3.63, 3.8) is 0 Å². The van der Waals surface area contributed by atoms with Gasteiger partial charge in [-0.05, 0) is 5.92 Å². The Balaban J connectivity index is 1.95. The average molecular weight is 264 g/mol. The van der Waals surface area contributed by atoms with Crippen LogP contribution in [0.1, 0.15) is 24.2 Å². The molecule has 1 N–H and O–H groups in total. The first-order valence-corrected chi connectivity index (χ1v) is 6.60. The first-order chi connectivity index (χ1) is 9.16. The molecule has 0 aromatic carbocycles. The fourth-order valence-corrected chi connectivity index (χ4v) is 1.76. The highest BCUT2D eigenvalue weighted by atomic mass is 16.5. The van der Waals surface area contributed by atoms with Crippen molar-refractivity contribution in [1.29, 1.82) is 0 Å². The number of hydrogen-bond acceptors (Lipinski definition) is 5. The predicted octanol–water partition coefficient (Wildman–Crippen LogP) is 0.699. The number of aromatic nitrogens is 2. The zero-order valence-corrected chi connectivity index (χ0v) is 11.4. The Labute approximate surface area is 113 Å². The van der Waals surface area contributed by atoms with Crippen LogP contribution in [0.4, 0.5) is 5.95 Å². The lowest BCUT2D eigenvalue weighted by Crippen LogP contribution is -2.37. The number of ether oxygens (including phenoxy) is 1. The molecule has 1 aliphatic heterocycles. The summed E-state index contributed by atoms with van der Waals surface area (Å²) in [5, 5.41) is 2.84. The van der Waals surface area contributed by atoms with E-state index in [4.69, 9.17) is 4.74 Å². The highest BCUT2D eigenvalue weighted by Crippen LogP contribution is 2.09. The number of morpholine rings is 1. The van der Waals surface area contributed by atoms with Crippen LogP contribution in [0, 0.1) is 5.92 Å². The van der Waals surface area contributed by atoms with Crippen molar-refractivity contribution >= 4 is 11.9 Å². The minimum atomic E-state index is -0.123. The topological polar surface area (TPSA) is 67.4 Å². The van der Waals surface area contributed by atoms with Crippen molar-refractivity contribution in [3.05, 3.63) is 18.0 Å². The summed E-state index contributed by atoms with van der Waals surface area (Å²) in [5.74, 6) is 0.962. The van der Waals surface area contributed by atoms with Crippen molar-refractivity contribution in [2.45, 2.75) is 13.8 Å². The molecule has 6 nitrogen and oxygen atoms in total. The van der Waals surface area contributed by atoms with Gasteiger partial charge in [0.1, 0.15) is 0 Å². The maximum absolute atomic E-state index is 11.8. The molecular weight excluding hydrogens is 244 g/mol. The van der Waals surface area contributed by atoms with Crippen LogP contribution in [0.15, 0.2) is 12.4 Å². The van der Waals surface area contributed by atoms with Crippen LogP contribution >= 0.6 is 0 Å². The molecule has 1 amide bonds. The fourth-order valence-electron chi connectivity index (χ4n) is 1.76. The van der Waals surface area contributed by atoms with Gasteiger partial charge in [-0.25, -0.2) is 9.97 Å². The summed E-state index contributed by atoms with van der Waals surface area (Å²) < 4.78 is 5.28. The van der Waals surface area contributed by atoms with Crippen molar-refractivity contribution in [1.82, 2.24) is 15.3 Å². The molecule has 0 saturated carbocycles. The highest BCUT2D eigenvalue weighted by molar-refractivity contribution is 5.93. The SMILES string of the molecule is CC(C)CNC(=O)c1cnc(N2CCOCC2)nc1. The summed E-state index contributed by atoms with van der Waals surface area (Å²) in [6.45, 7) is 7.73. The molecule has 2 rings (SSSR count). The second-order valence-electron chi connectivity index (χ2n) is 4.98. The van der Waals surface area contributed by atoms with Gasteiger partial charge < -0.3 is 15.0 Å². The smallest absolute Gasteiger partial charge is 0.254 e. The fraction of sp³-hybridized carbons (Fsp3) is 0.615. The molecule has 6 heteroatoms. The monoisotopic (exact) mass is 264 g/mol. The number of carbonyl (C=O) groups is 1. The van der Waals surface area contributed by atoms with Gasteiger partial charge in [0.25, 0.3) is 5.91 Å². The molecule has 1 aromatic rings. The molecule has 0 spiro atoms.